The lowest BCUT2D eigenvalue weighted by molar-refractivity contribution is -0.143. The molecular formula is C22H23N5O2S. The fraction of sp³-hybridized carbons (Fsp3) is 0.364. The Hall–Kier alpha value is -2.84. The molecule has 2 aliphatic rings. The molecule has 1 aromatic carbocycles. The predicted octanol–water partition coefficient (Wildman–Crippen LogP) is 3.28. The van der Waals surface area contributed by atoms with Gasteiger partial charge in [-0.05, 0) is 37.0 Å². The topological polar surface area (TPSA) is 91.2 Å². The first-order valence-electron chi connectivity index (χ1n) is 10.2. The number of anilines is 1. The van der Waals surface area contributed by atoms with Crippen LogP contribution in [-0.2, 0) is 10.4 Å². The molecule has 1 atom stereocenters. The van der Waals surface area contributed by atoms with E-state index in [1.165, 1.54) is 17.8 Å². The van der Waals surface area contributed by atoms with Crippen LogP contribution in [0.3, 0.4) is 0 Å². The number of benzene rings is 1. The summed E-state index contributed by atoms with van der Waals surface area (Å²) >= 11 is 1.52. The zero-order chi connectivity index (χ0) is 20.7. The van der Waals surface area contributed by atoms with E-state index in [1.807, 2.05) is 29.6 Å². The Balaban J connectivity index is 1.41. The molecule has 5 rings (SSSR count). The third-order valence-electron chi connectivity index (χ3n) is 5.96. The summed E-state index contributed by atoms with van der Waals surface area (Å²) in [4.78, 5) is 27.7. The Labute approximate surface area is 178 Å². The summed E-state index contributed by atoms with van der Waals surface area (Å²) in [5, 5.41) is 17.1. The number of nitrogens with one attached hydrogen (secondary N) is 1. The molecule has 2 fully saturated rings. The normalized spacial score (nSPS) is 21.7. The van der Waals surface area contributed by atoms with Gasteiger partial charge in [0.15, 0.2) is 5.60 Å². The van der Waals surface area contributed by atoms with Crippen molar-refractivity contribution in [1.82, 2.24) is 19.9 Å². The van der Waals surface area contributed by atoms with E-state index in [1.54, 1.807) is 24.2 Å². The Morgan fingerprint density at radius 1 is 1.23 bits per heavy atom. The minimum atomic E-state index is -1.46. The Morgan fingerprint density at radius 2 is 2.10 bits per heavy atom. The van der Waals surface area contributed by atoms with Crippen molar-refractivity contribution in [2.24, 2.45) is 0 Å². The van der Waals surface area contributed by atoms with Gasteiger partial charge in [-0.15, -0.1) is 11.3 Å². The molecule has 2 aromatic heterocycles. The number of aliphatic hydroxyl groups is 1. The maximum atomic E-state index is 12.4. The maximum Gasteiger partial charge on any atom is 0.258 e. The van der Waals surface area contributed by atoms with Gasteiger partial charge in [0.25, 0.3) is 5.91 Å². The zero-order valence-electron chi connectivity index (χ0n) is 16.7. The standard InChI is InChI=1S/C22H23N5O2S/c1-27-11-9-22(29,20(27)28)15-5-2-4-14(12-15)19-25-18(13-30-19)17-8-10-23-21(26-17)24-16-6-3-7-16/h2,4-5,8,10,12-13,16,29H,3,6-7,9,11H2,1H3,(H,23,24,26). The van der Waals surface area contributed by atoms with Crippen molar-refractivity contribution in [3.8, 4) is 22.0 Å². The van der Waals surface area contributed by atoms with Crippen LogP contribution in [0.4, 0.5) is 5.95 Å². The van der Waals surface area contributed by atoms with Crippen LogP contribution in [0.1, 0.15) is 31.2 Å². The molecule has 7 nitrogen and oxygen atoms in total. The number of likely N-dealkylation sites (N-methyl/N-ethyl adjacent to an activating group) is 1. The molecule has 3 heterocycles. The molecular weight excluding hydrogens is 398 g/mol. The van der Waals surface area contributed by atoms with Gasteiger partial charge in [-0.25, -0.2) is 15.0 Å². The highest BCUT2D eigenvalue weighted by Crippen LogP contribution is 2.36. The van der Waals surface area contributed by atoms with Crippen molar-refractivity contribution >= 4 is 23.2 Å². The minimum Gasteiger partial charge on any atom is -0.375 e. The van der Waals surface area contributed by atoms with E-state index in [0.717, 1.165) is 34.8 Å². The van der Waals surface area contributed by atoms with Gasteiger partial charge in [-0.3, -0.25) is 4.79 Å². The van der Waals surface area contributed by atoms with Gasteiger partial charge in [0.2, 0.25) is 5.95 Å². The molecule has 0 spiro atoms. The molecule has 1 aliphatic carbocycles. The number of aromatic nitrogens is 3. The highest BCUT2D eigenvalue weighted by molar-refractivity contribution is 7.13. The monoisotopic (exact) mass is 421 g/mol. The van der Waals surface area contributed by atoms with E-state index < -0.39 is 5.60 Å². The van der Waals surface area contributed by atoms with Crippen LogP contribution in [0, 0.1) is 0 Å². The first-order valence-corrected chi connectivity index (χ1v) is 11.1. The van der Waals surface area contributed by atoms with Gasteiger partial charge in [0.1, 0.15) is 10.7 Å². The van der Waals surface area contributed by atoms with E-state index >= 15 is 0 Å². The number of amides is 1. The number of nitrogens with zero attached hydrogens (tertiary/aromatic N) is 4. The van der Waals surface area contributed by atoms with Crippen molar-refractivity contribution in [2.45, 2.75) is 37.3 Å². The van der Waals surface area contributed by atoms with E-state index in [4.69, 9.17) is 4.98 Å². The molecule has 2 N–H and O–H groups in total. The fourth-order valence-electron chi connectivity index (χ4n) is 3.86. The van der Waals surface area contributed by atoms with E-state index in [-0.39, 0.29) is 5.91 Å². The molecule has 3 aromatic rings. The second-order valence-electron chi connectivity index (χ2n) is 7.99. The summed E-state index contributed by atoms with van der Waals surface area (Å²) in [5.74, 6) is 0.381. The number of likely N-dealkylation sites (tertiary alicyclic amines) is 1. The van der Waals surface area contributed by atoms with E-state index in [0.29, 0.717) is 30.5 Å². The van der Waals surface area contributed by atoms with E-state index in [9.17, 15) is 9.90 Å². The number of carbonyl (C=O) groups is 1. The fourth-order valence-corrected chi connectivity index (χ4v) is 4.67. The van der Waals surface area contributed by atoms with Crippen molar-refractivity contribution in [2.75, 3.05) is 18.9 Å². The number of hydrogen-bond donors (Lipinski definition) is 2. The van der Waals surface area contributed by atoms with Gasteiger partial charge in [-0.1, -0.05) is 18.2 Å². The SMILES string of the molecule is CN1CCC(O)(c2cccc(-c3nc(-c4ccnc(NC5CCC5)n4)cs3)c2)C1=O. The average molecular weight is 422 g/mol. The van der Waals surface area contributed by atoms with Crippen LogP contribution in [-0.4, -0.2) is 50.5 Å². The number of carbonyl (C=O) groups excluding carboxylic acids is 1. The van der Waals surface area contributed by atoms with E-state index in [2.05, 4.69) is 15.3 Å². The lowest BCUT2D eigenvalue weighted by Gasteiger charge is -2.26. The molecule has 0 radical (unpaired) electrons. The summed E-state index contributed by atoms with van der Waals surface area (Å²) in [6.07, 6.45) is 5.72. The smallest absolute Gasteiger partial charge is 0.258 e. The average Bonchev–Trinajstić information content (AvgIpc) is 3.33. The predicted molar refractivity (Wildman–Crippen MR) is 116 cm³/mol. The first-order chi connectivity index (χ1) is 14.5. The molecule has 1 aliphatic heterocycles. The van der Waals surface area contributed by atoms with Gasteiger partial charge >= 0.3 is 0 Å². The molecule has 0 bridgehead atoms. The summed E-state index contributed by atoms with van der Waals surface area (Å²) in [5.41, 5.74) is 1.59. The summed E-state index contributed by atoms with van der Waals surface area (Å²) in [6.45, 7) is 0.548. The molecule has 1 saturated heterocycles. The third kappa shape index (κ3) is 3.36. The second-order valence-corrected chi connectivity index (χ2v) is 8.85. The van der Waals surface area contributed by atoms with Crippen molar-refractivity contribution in [1.29, 1.82) is 0 Å². The van der Waals surface area contributed by atoms with Crippen LogP contribution < -0.4 is 5.32 Å². The summed E-state index contributed by atoms with van der Waals surface area (Å²) in [6, 6.07) is 9.80. The Morgan fingerprint density at radius 3 is 2.83 bits per heavy atom. The molecule has 154 valence electrons. The maximum absolute atomic E-state index is 12.4. The molecule has 1 saturated carbocycles. The third-order valence-corrected chi connectivity index (χ3v) is 6.85. The van der Waals surface area contributed by atoms with Gasteiger partial charge in [0, 0.05) is 43.2 Å². The summed E-state index contributed by atoms with van der Waals surface area (Å²) in [7, 11) is 1.72. The highest BCUT2D eigenvalue weighted by Gasteiger charge is 2.45. The molecule has 1 unspecified atom stereocenters. The Kier molecular flexibility index (Phi) is 4.75. The Bertz CT molecular complexity index is 1100. The van der Waals surface area contributed by atoms with Crippen molar-refractivity contribution < 1.29 is 9.90 Å². The number of thiazole rings is 1. The molecule has 30 heavy (non-hydrogen) atoms. The lowest BCUT2D eigenvalue weighted by atomic mass is 9.91. The van der Waals surface area contributed by atoms with Crippen LogP contribution in [0.2, 0.25) is 0 Å². The second kappa shape index (κ2) is 7.45. The first kappa shape index (κ1) is 19.1. The molecule has 8 heteroatoms. The van der Waals surface area contributed by atoms with Crippen LogP contribution in [0.15, 0.2) is 41.9 Å². The van der Waals surface area contributed by atoms with Crippen molar-refractivity contribution in [3.05, 3.63) is 47.5 Å². The quantitative estimate of drug-likeness (QED) is 0.657. The minimum absolute atomic E-state index is 0.257. The zero-order valence-corrected chi connectivity index (χ0v) is 17.5. The largest absolute Gasteiger partial charge is 0.375 e. The van der Waals surface area contributed by atoms with Gasteiger partial charge < -0.3 is 15.3 Å². The highest BCUT2D eigenvalue weighted by atomic mass is 32.1. The summed E-state index contributed by atoms with van der Waals surface area (Å²) < 4.78 is 0. The van der Waals surface area contributed by atoms with Crippen LogP contribution >= 0.6 is 11.3 Å². The van der Waals surface area contributed by atoms with Crippen molar-refractivity contribution in [3.63, 3.8) is 0 Å². The van der Waals surface area contributed by atoms with Gasteiger partial charge in [0.05, 0.1) is 5.69 Å². The molecule has 1 amide bonds. The lowest BCUT2D eigenvalue weighted by Crippen LogP contribution is -2.36. The van der Waals surface area contributed by atoms with Crippen LogP contribution in [0.5, 0.6) is 0 Å². The number of hydrogen-bond acceptors (Lipinski definition) is 7. The number of rotatable bonds is 5. The van der Waals surface area contributed by atoms with Gasteiger partial charge in [-0.2, -0.15) is 0 Å². The van der Waals surface area contributed by atoms with Crippen LogP contribution in [0.25, 0.3) is 22.0 Å².